The molecule has 0 spiro atoms. The third-order valence-electron chi connectivity index (χ3n) is 4.06. The van der Waals surface area contributed by atoms with Gasteiger partial charge in [0.25, 0.3) is 0 Å². The molecular weight excluding hydrogens is 230 g/mol. The maximum absolute atomic E-state index is 3.61. The number of para-hydroxylation sites is 2. The van der Waals surface area contributed by atoms with Gasteiger partial charge < -0.3 is 5.32 Å². The number of hydrogen-bond donors (Lipinski definition) is 1. The Labute approximate surface area is 115 Å². The molecule has 0 aliphatic carbocycles. The van der Waals surface area contributed by atoms with Crippen molar-refractivity contribution in [3.8, 4) is 0 Å². The molecule has 0 aromatic heterocycles. The summed E-state index contributed by atoms with van der Waals surface area (Å²) in [4.78, 5) is 0. The van der Waals surface area contributed by atoms with Gasteiger partial charge in [-0.25, -0.2) is 0 Å². The molecular formula is C18H21N. The van der Waals surface area contributed by atoms with Crippen LogP contribution in [0.3, 0.4) is 0 Å². The molecule has 1 aliphatic heterocycles. The highest BCUT2D eigenvalue weighted by atomic mass is 14.9. The largest absolute Gasteiger partial charge is 0.355 e. The fourth-order valence-electron chi connectivity index (χ4n) is 3.02. The van der Waals surface area contributed by atoms with Gasteiger partial charge >= 0.3 is 0 Å². The van der Waals surface area contributed by atoms with E-state index in [1.165, 1.54) is 41.8 Å². The first kappa shape index (κ1) is 12.3. The van der Waals surface area contributed by atoms with Crippen LogP contribution in [0.15, 0.2) is 48.5 Å². The van der Waals surface area contributed by atoms with E-state index < -0.39 is 0 Å². The first-order chi connectivity index (χ1) is 9.38. The normalized spacial score (nSPS) is 17.0. The Morgan fingerprint density at radius 3 is 2.58 bits per heavy atom. The zero-order valence-corrected chi connectivity index (χ0v) is 11.5. The molecule has 1 nitrogen and oxygen atoms in total. The van der Waals surface area contributed by atoms with Gasteiger partial charge in [-0.3, -0.25) is 0 Å². The Kier molecular flexibility index (Phi) is 3.54. The number of nitrogens with one attached hydrogen (secondary N) is 1. The topological polar surface area (TPSA) is 12.0 Å². The van der Waals surface area contributed by atoms with Crippen LogP contribution in [0, 0.1) is 0 Å². The first-order valence-corrected chi connectivity index (χ1v) is 7.32. The molecule has 1 unspecified atom stereocenters. The number of hydrogen-bond acceptors (Lipinski definition) is 1. The van der Waals surface area contributed by atoms with Gasteiger partial charge in [0, 0.05) is 11.4 Å². The molecule has 0 amide bonds. The van der Waals surface area contributed by atoms with Crippen LogP contribution >= 0.6 is 0 Å². The van der Waals surface area contributed by atoms with Gasteiger partial charge in [-0.2, -0.15) is 0 Å². The molecule has 0 saturated heterocycles. The SMILES string of the molecule is CCCCC1Cc2ccccc2Nc2ccccc21. The van der Waals surface area contributed by atoms with E-state index >= 15 is 0 Å². The van der Waals surface area contributed by atoms with Crippen LogP contribution in [0.1, 0.15) is 43.2 Å². The average Bonchev–Trinajstić information content (AvgIpc) is 2.61. The predicted octanol–water partition coefficient (Wildman–Crippen LogP) is 5.26. The van der Waals surface area contributed by atoms with Gasteiger partial charge in [-0.1, -0.05) is 56.2 Å². The number of fused-ring (bicyclic) bond motifs is 2. The van der Waals surface area contributed by atoms with Gasteiger partial charge in [0.2, 0.25) is 0 Å². The number of unbranched alkanes of at least 4 members (excludes halogenated alkanes) is 1. The van der Waals surface area contributed by atoms with Crippen molar-refractivity contribution < 1.29 is 0 Å². The highest BCUT2D eigenvalue weighted by molar-refractivity contribution is 5.69. The van der Waals surface area contributed by atoms with Crippen molar-refractivity contribution in [2.75, 3.05) is 5.32 Å². The maximum Gasteiger partial charge on any atom is 0.0419 e. The van der Waals surface area contributed by atoms with Crippen LogP contribution in [0.2, 0.25) is 0 Å². The molecule has 1 heterocycles. The van der Waals surface area contributed by atoms with Crippen molar-refractivity contribution >= 4 is 11.4 Å². The second-order valence-corrected chi connectivity index (χ2v) is 5.41. The zero-order chi connectivity index (χ0) is 13.1. The molecule has 1 N–H and O–H groups in total. The Balaban J connectivity index is 2.01. The Hall–Kier alpha value is -1.76. The summed E-state index contributed by atoms with van der Waals surface area (Å²) in [6, 6.07) is 17.5. The summed E-state index contributed by atoms with van der Waals surface area (Å²) in [5.41, 5.74) is 5.48. The van der Waals surface area contributed by atoms with Crippen molar-refractivity contribution in [3.05, 3.63) is 59.7 Å². The maximum atomic E-state index is 3.61. The lowest BCUT2D eigenvalue weighted by Crippen LogP contribution is -2.02. The number of rotatable bonds is 3. The summed E-state index contributed by atoms with van der Waals surface area (Å²) in [6.07, 6.45) is 5.01. The van der Waals surface area contributed by atoms with Crippen molar-refractivity contribution in [1.29, 1.82) is 0 Å². The lowest BCUT2D eigenvalue weighted by molar-refractivity contribution is 0.585. The lowest BCUT2D eigenvalue weighted by Gasteiger charge is -2.17. The second-order valence-electron chi connectivity index (χ2n) is 5.41. The fourth-order valence-corrected chi connectivity index (χ4v) is 3.02. The highest BCUT2D eigenvalue weighted by Crippen LogP contribution is 2.38. The molecule has 1 aliphatic rings. The van der Waals surface area contributed by atoms with Crippen LogP contribution in [0.4, 0.5) is 11.4 Å². The van der Waals surface area contributed by atoms with Crippen LogP contribution < -0.4 is 5.32 Å². The van der Waals surface area contributed by atoms with Crippen molar-refractivity contribution in [3.63, 3.8) is 0 Å². The zero-order valence-electron chi connectivity index (χ0n) is 11.5. The Bertz CT molecular complexity index is 559. The van der Waals surface area contributed by atoms with E-state index in [4.69, 9.17) is 0 Å². The molecule has 0 saturated carbocycles. The van der Waals surface area contributed by atoms with Crippen LogP contribution in [-0.4, -0.2) is 0 Å². The second kappa shape index (κ2) is 5.48. The smallest absolute Gasteiger partial charge is 0.0419 e. The van der Waals surface area contributed by atoms with E-state index in [1.807, 2.05) is 0 Å². The van der Waals surface area contributed by atoms with E-state index in [9.17, 15) is 0 Å². The fraction of sp³-hybridized carbons (Fsp3) is 0.333. The summed E-state index contributed by atoms with van der Waals surface area (Å²) < 4.78 is 0. The average molecular weight is 251 g/mol. The molecule has 2 aromatic rings. The summed E-state index contributed by atoms with van der Waals surface area (Å²) in [5, 5.41) is 3.61. The van der Waals surface area contributed by atoms with Crippen LogP contribution in [0.5, 0.6) is 0 Å². The molecule has 98 valence electrons. The van der Waals surface area contributed by atoms with Gasteiger partial charge in [-0.05, 0) is 42.0 Å². The molecule has 0 radical (unpaired) electrons. The third kappa shape index (κ3) is 2.51. The molecule has 1 atom stereocenters. The minimum atomic E-state index is 0.646. The van der Waals surface area contributed by atoms with Crippen molar-refractivity contribution in [2.45, 2.75) is 38.5 Å². The van der Waals surface area contributed by atoms with Gasteiger partial charge in [0.15, 0.2) is 0 Å². The highest BCUT2D eigenvalue weighted by Gasteiger charge is 2.20. The lowest BCUT2D eigenvalue weighted by atomic mass is 9.88. The van der Waals surface area contributed by atoms with E-state index in [-0.39, 0.29) is 0 Å². The molecule has 1 heteroatoms. The standard InChI is InChI=1S/C18H21N/c1-2-3-8-14-13-15-9-4-6-11-17(15)19-18-12-7-5-10-16(14)18/h4-7,9-12,14,19H,2-3,8,13H2,1H3. The van der Waals surface area contributed by atoms with Crippen LogP contribution in [0.25, 0.3) is 0 Å². The van der Waals surface area contributed by atoms with E-state index in [0.29, 0.717) is 5.92 Å². The summed E-state index contributed by atoms with van der Waals surface area (Å²) in [5.74, 6) is 0.646. The van der Waals surface area contributed by atoms with Crippen molar-refractivity contribution in [1.82, 2.24) is 0 Å². The molecule has 19 heavy (non-hydrogen) atoms. The monoisotopic (exact) mass is 251 g/mol. The summed E-state index contributed by atoms with van der Waals surface area (Å²) in [7, 11) is 0. The number of benzene rings is 2. The van der Waals surface area contributed by atoms with Gasteiger partial charge in [0.1, 0.15) is 0 Å². The molecule has 3 rings (SSSR count). The van der Waals surface area contributed by atoms with Gasteiger partial charge in [0.05, 0.1) is 0 Å². The van der Waals surface area contributed by atoms with Gasteiger partial charge in [-0.15, -0.1) is 0 Å². The Morgan fingerprint density at radius 2 is 1.74 bits per heavy atom. The van der Waals surface area contributed by atoms with E-state index in [2.05, 4.69) is 60.8 Å². The summed E-state index contributed by atoms with van der Waals surface area (Å²) >= 11 is 0. The minimum absolute atomic E-state index is 0.646. The predicted molar refractivity (Wildman–Crippen MR) is 82.1 cm³/mol. The van der Waals surface area contributed by atoms with E-state index in [0.717, 1.165) is 6.42 Å². The van der Waals surface area contributed by atoms with Crippen LogP contribution in [-0.2, 0) is 6.42 Å². The third-order valence-corrected chi connectivity index (χ3v) is 4.06. The molecule has 0 fully saturated rings. The first-order valence-electron chi connectivity index (χ1n) is 7.32. The summed E-state index contributed by atoms with van der Waals surface area (Å²) in [6.45, 7) is 2.27. The molecule has 0 bridgehead atoms. The van der Waals surface area contributed by atoms with E-state index in [1.54, 1.807) is 0 Å². The molecule has 2 aromatic carbocycles. The van der Waals surface area contributed by atoms with Crippen molar-refractivity contribution in [2.24, 2.45) is 0 Å². The quantitative estimate of drug-likeness (QED) is 0.784. The number of anilines is 2. The minimum Gasteiger partial charge on any atom is -0.355 e. The Morgan fingerprint density at radius 1 is 1.00 bits per heavy atom.